The number of hydrogen-bond donors (Lipinski definition) is 3. The van der Waals surface area contributed by atoms with Gasteiger partial charge in [-0.05, 0) is 59.4 Å². The summed E-state index contributed by atoms with van der Waals surface area (Å²) < 4.78 is 0. The van der Waals surface area contributed by atoms with Crippen LogP contribution in [0.3, 0.4) is 0 Å². The molecule has 1 saturated heterocycles. The van der Waals surface area contributed by atoms with Gasteiger partial charge >= 0.3 is 0 Å². The number of aryl methyl sites for hydroxylation is 2. The molecule has 1 heterocycles. The van der Waals surface area contributed by atoms with Gasteiger partial charge in [-0.1, -0.05) is 96.1 Å². The zero-order valence-corrected chi connectivity index (χ0v) is 17.9. The summed E-state index contributed by atoms with van der Waals surface area (Å²) >= 11 is 0. The molecule has 3 nitrogen and oxygen atoms in total. The van der Waals surface area contributed by atoms with Crippen LogP contribution in [0.2, 0.25) is 0 Å². The Hall–Kier alpha value is -3.24. The molecule has 31 heavy (non-hydrogen) atoms. The van der Waals surface area contributed by atoms with E-state index in [0.29, 0.717) is 0 Å². The Morgan fingerprint density at radius 1 is 0.484 bits per heavy atom. The van der Waals surface area contributed by atoms with Crippen LogP contribution < -0.4 is 16.2 Å². The molecular weight excluding hydrogens is 378 g/mol. The van der Waals surface area contributed by atoms with Crippen LogP contribution in [0.25, 0.3) is 22.3 Å². The predicted octanol–water partition coefficient (Wildman–Crippen LogP) is 6.03. The van der Waals surface area contributed by atoms with Crippen molar-refractivity contribution in [2.24, 2.45) is 0 Å². The first-order valence-corrected chi connectivity index (χ1v) is 10.8. The van der Waals surface area contributed by atoms with Crippen molar-refractivity contribution in [1.82, 2.24) is 16.2 Å². The molecule has 1 fully saturated rings. The van der Waals surface area contributed by atoms with E-state index in [2.05, 4.69) is 127 Å². The molecule has 3 heteroatoms. The van der Waals surface area contributed by atoms with Crippen molar-refractivity contribution >= 4 is 0 Å². The van der Waals surface area contributed by atoms with Crippen LogP contribution in [0.15, 0.2) is 97.1 Å². The third-order valence-corrected chi connectivity index (χ3v) is 5.85. The largest absolute Gasteiger partial charge is 0.277 e. The molecule has 2 unspecified atom stereocenters. The molecule has 4 aromatic rings. The summed E-state index contributed by atoms with van der Waals surface area (Å²) in [6.07, 6.45) is 0.0785. The second-order valence-electron chi connectivity index (χ2n) is 8.31. The monoisotopic (exact) mass is 405 g/mol. The Morgan fingerprint density at radius 3 is 1.29 bits per heavy atom. The van der Waals surface area contributed by atoms with Crippen LogP contribution in [-0.4, -0.2) is 0 Å². The van der Waals surface area contributed by atoms with E-state index in [1.54, 1.807) is 0 Å². The minimum Gasteiger partial charge on any atom is -0.277 e. The topological polar surface area (TPSA) is 36.1 Å². The maximum Gasteiger partial charge on any atom is 0.0978 e. The number of nitrogens with one attached hydrogen (secondary N) is 3. The van der Waals surface area contributed by atoms with Gasteiger partial charge in [0.05, 0.1) is 12.3 Å². The highest BCUT2D eigenvalue weighted by Crippen LogP contribution is 2.28. The first-order valence-electron chi connectivity index (χ1n) is 10.8. The molecule has 0 bridgehead atoms. The normalized spacial score (nSPS) is 18.3. The van der Waals surface area contributed by atoms with Gasteiger partial charge in [-0.15, -0.1) is 0 Å². The molecule has 0 radical (unpaired) electrons. The fraction of sp³-hybridized carbons (Fsp3) is 0.143. The highest BCUT2D eigenvalue weighted by atomic mass is 15.5. The summed E-state index contributed by atoms with van der Waals surface area (Å²) in [5.41, 5.74) is 16.8. The molecule has 0 spiro atoms. The van der Waals surface area contributed by atoms with Gasteiger partial charge in [0.15, 0.2) is 0 Å². The molecular formula is C28H27N3. The lowest BCUT2D eigenvalue weighted by Gasteiger charge is -2.15. The number of hydrogen-bond acceptors (Lipinski definition) is 3. The molecule has 5 rings (SSSR count). The highest BCUT2D eigenvalue weighted by Gasteiger charge is 2.25. The van der Waals surface area contributed by atoms with E-state index in [1.165, 1.54) is 44.5 Å². The number of benzene rings is 4. The Bertz CT molecular complexity index is 1120. The Balaban J connectivity index is 1.36. The van der Waals surface area contributed by atoms with Crippen LogP contribution in [0.1, 0.15) is 34.6 Å². The zero-order valence-electron chi connectivity index (χ0n) is 17.9. The lowest BCUT2D eigenvalue weighted by Crippen LogP contribution is -2.26. The fourth-order valence-corrected chi connectivity index (χ4v) is 4.22. The van der Waals surface area contributed by atoms with E-state index in [1.807, 2.05) is 0 Å². The van der Waals surface area contributed by atoms with Gasteiger partial charge in [-0.2, -0.15) is 0 Å². The van der Waals surface area contributed by atoms with E-state index in [9.17, 15) is 0 Å². The molecule has 0 saturated carbocycles. The van der Waals surface area contributed by atoms with Gasteiger partial charge in [-0.3, -0.25) is 5.32 Å². The second kappa shape index (κ2) is 8.48. The summed E-state index contributed by atoms with van der Waals surface area (Å²) in [6, 6.07) is 34.7. The lowest BCUT2D eigenvalue weighted by atomic mass is 10.00. The Labute approximate surface area is 184 Å². The third kappa shape index (κ3) is 4.30. The Morgan fingerprint density at radius 2 is 0.871 bits per heavy atom. The first-order chi connectivity index (χ1) is 15.2. The number of hydrazine groups is 1. The van der Waals surface area contributed by atoms with E-state index >= 15 is 0 Å². The summed E-state index contributed by atoms with van der Waals surface area (Å²) in [5, 5.41) is 3.68. The highest BCUT2D eigenvalue weighted by molar-refractivity contribution is 5.66. The Kier molecular flexibility index (Phi) is 5.39. The first kappa shape index (κ1) is 19.7. The maximum absolute atomic E-state index is 3.68. The molecule has 4 aromatic carbocycles. The van der Waals surface area contributed by atoms with E-state index in [-0.39, 0.29) is 12.3 Å². The van der Waals surface area contributed by atoms with Gasteiger partial charge < -0.3 is 0 Å². The van der Waals surface area contributed by atoms with Crippen molar-refractivity contribution < 1.29 is 0 Å². The quantitative estimate of drug-likeness (QED) is 0.388. The van der Waals surface area contributed by atoms with Crippen LogP contribution in [0.5, 0.6) is 0 Å². The van der Waals surface area contributed by atoms with Crippen LogP contribution in [0, 0.1) is 13.8 Å². The van der Waals surface area contributed by atoms with Crippen molar-refractivity contribution in [3.63, 3.8) is 0 Å². The molecule has 154 valence electrons. The van der Waals surface area contributed by atoms with E-state index < -0.39 is 0 Å². The van der Waals surface area contributed by atoms with Gasteiger partial charge in [-0.25, -0.2) is 10.9 Å². The van der Waals surface area contributed by atoms with Gasteiger partial charge in [0.25, 0.3) is 0 Å². The summed E-state index contributed by atoms with van der Waals surface area (Å²) in [5.74, 6) is 0. The molecule has 1 aliphatic heterocycles. The van der Waals surface area contributed by atoms with Gasteiger partial charge in [0.1, 0.15) is 0 Å². The molecule has 1 aliphatic rings. The van der Waals surface area contributed by atoms with Crippen LogP contribution in [0.4, 0.5) is 0 Å². The summed E-state index contributed by atoms with van der Waals surface area (Å²) in [7, 11) is 0. The van der Waals surface area contributed by atoms with Gasteiger partial charge in [0, 0.05) is 0 Å². The van der Waals surface area contributed by atoms with Crippen LogP contribution >= 0.6 is 0 Å². The van der Waals surface area contributed by atoms with E-state index in [4.69, 9.17) is 0 Å². The van der Waals surface area contributed by atoms with Crippen LogP contribution in [-0.2, 0) is 0 Å². The average Bonchev–Trinajstić information content (AvgIpc) is 3.30. The minimum atomic E-state index is 0.0392. The van der Waals surface area contributed by atoms with Crippen molar-refractivity contribution in [3.05, 3.63) is 119 Å². The molecule has 0 amide bonds. The van der Waals surface area contributed by atoms with E-state index in [0.717, 1.165) is 0 Å². The average molecular weight is 406 g/mol. The minimum absolute atomic E-state index is 0.0392. The molecule has 2 atom stereocenters. The van der Waals surface area contributed by atoms with Crippen molar-refractivity contribution in [2.75, 3.05) is 0 Å². The predicted molar refractivity (Wildman–Crippen MR) is 128 cm³/mol. The second-order valence-corrected chi connectivity index (χ2v) is 8.31. The van der Waals surface area contributed by atoms with Crippen molar-refractivity contribution in [2.45, 2.75) is 26.2 Å². The fourth-order valence-electron chi connectivity index (χ4n) is 4.22. The molecule has 3 N–H and O–H groups in total. The SMILES string of the molecule is Cc1cccc(-c2cccc(C3NNC(c4cccc(-c5cccc(C)c5)c4)N3)c2)c1. The summed E-state index contributed by atoms with van der Waals surface area (Å²) in [4.78, 5) is 0. The molecule has 0 aliphatic carbocycles. The lowest BCUT2D eigenvalue weighted by molar-refractivity contribution is 0.554. The smallest absolute Gasteiger partial charge is 0.0978 e. The van der Waals surface area contributed by atoms with Gasteiger partial charge in [0.2, 0.25) is 0 Å². The summed E-state index contributed by atoms with van der Waals surface area (Å²) in [6.45, 7) is 4.26. The van der Waals surface area contributed by atoms with Crippen molar-refractivity contribution in [3.8, 4) is 22.3 Å². The number of rotatable bonds is 4. The van der Waals surface area contributed by atoms with Crippen molar-refractivity contribution in [1.29, 1.82) is 0 Å². The maximum atomic E-state index is 3.68. The molecule has 0 aromatic heterocycles. The standard InChI is InChI=1S/C28H27N3/c1-19-7-3-9-21(15-19)23-11-5-13-25(17-23)27-29-28(31-30-27)26-14-6-12-24(18-26)22-10-4-8-20(2)16-22/h3-18,27-31H,1-2H3. The zero-order chi connectivity index (χ0) is 21.2. The third-order valence-electron chi connectivity index (χ3n) is 5.85.